The summed E-state index contributed by atoms with van der Waals surface area (Å²) in [5.41, 5.74) is 2.76. The highest BCUT2D eigenvalue weighted by molar-refractivity contribution is 7.90. The summed E-state index contributed by atoms with van der Waals surface area (Å²) in [5, 5.41) is 2.56. The number of amides is 3. The van der Waals surface area contributed by atoms with Crippen molar-refractivity contribution >= 4 is 27.6 Å². The summed E-state index contributed by atoms with van der Waals surface area (Å²) in [6, 6.07) is 18.8. The number of anilines is 1. The van der Waals surface area contributed by atoms with Crippen molar-refractivity contribution < 1.29 is 22.7 Å². The number of urea groups is 1. The molecule has 0 saturated carbocycles. The Morgan fingerprint density at radius 3 is 2.23 bits per heavy atom. The van der Waals surface area contributed by atoms with E-state index in [0.29, 0.717) is 17.0 Å². The number of hydrogen-bond donors (Lipinski definition) is 2. The van der Waals surface area contributed by atoms with Crippen LogP contribution >= 0.6 is 0 Å². The Bertz CT molecular complexity index is 1310. The zero-order valence-electron chi connectivity index (χ0n) is 20.1. The predicted octanol–water partition coefficient (Wildman–Crippen LogP) is 3.57. The van der Waals surface area contributed by atoms with Crippen molar-refractivity contribution in [2.75, 3.05) is 19.1 Å². The van der Waals surface area contributed by atoms with E-state index in [0.717, 1.165) is 11.1 Å². The summed E-state index contributed by atoms with van der Waals surface area (Å²) in [6.07, 6.45) is 0.178. The molecule has 0 heterocycles. The fourth-order valence-corrected chi connectivity index (χ4v) is 4.92. The van der Waals surface area contributed by atoms with Crippen molar-refractivity contribution in [3.05, 3.63) is 89.5 Å². The molecule has 9 heteroatoms. The van der Waals surface area contributed by atoms with E-state index >= 15 is 0 Å². The maximum atomic E-state index is 13.5. The number of ether oxygens (including phenoxy) is 1. The van der Waals surface area contributed by atoms with E-state index < -0.39 is 28.0 Å². The molecule has 3 amide bonds. The Labute approximate surface area is 206 Å². The minimum absolute atomic E-state index is 0.00735. The number of aryl methyl sites for hydroxylation is 2. The van der Waals surface area contributed by atoms with Crippen LogP contribution in [0.1, 0.15) is 16.7 Å². The lowest BCUT2D eigenvalue weighted by atomic mass is 10.0. The summed E-state index contributed by atoms with van der Waals surface area (Å²) < 4.78 is 32.8. The lowest BCUT2D eigenvalue weighted by Crippen LogP contribution is -2.52. The van der Waals surface area contributed by atoms with Crippen LogP contribution in [-0.2, 0) is 21.2 Å². The van der Waals surface area contributed by atoms with E-state index in [1.54, 1.807) is 57.5 Å². The summed E-state index contributed by atoms with van der Waals surface area (Å²) in [4.78, 5) is 27.7. The molecular weight excluding hydrogens is 466 g/mol. The first-order valence-corrected chi connectivity index (χ1v) is 12.5. The van der Waals surface area contributed by atoms with Crippen LogP contribution in [0.25, 0.3) is 0 Å². The fraction of sp³-hybridized carbons (Fsp3) is 0.231. The Balaban J connectivity index is 1.85. The van der Waals surface area contributed by atoms with E-state index in [2.05, 4.69) is 5.32 Å². The number of hydrogen-bond acceptors (Lipinski definition) is 5. The van der Waals surface area contributed by atoms with E-state index in [4.69, 9.17) is 4.74 Å². The number of nitrogens with one attached hydrogen (secondary N) is 2. The quantitative estimate of drug-likeness (QED) is 0.497. The molecule has 3 rings (SSSR count). The lowest BCUT2D eigenvalue weighted by molar-refractivity contribution is -0.120. The van der Waals surface area contributed by atoms with Gasteiger partial charge in [-0.05, 0) is 54.8 Å². The van der Waals surface area contributed by atoms with Gasteiger partial charge in [0.25, 0.3) is 10.0 Å². The Morgan fingerprint density at radius 2 is 1.60 bits per heavy atom. The second-order valence-electron chi connectivity index (χ2n) is 8.14. The number of likely N-dealkylation sites (N-methyl/N-ethyl adjacent to an activating group) is 1. The first-order chi connectivity index (χ1) is 16.6. The van der Waals surface area contributed by atoms with Gasteiger partial charge in [0, 0.05) is 19.2 Å². The van der Waals surface area contributed by atoms with Crippen molar-refractivity contribution in [3.8, 4) is 5.75 Å². The van der Waals surface area contributed by atoms with Crippen LogP contribution in [0.4, 0.5) is 10.5 Å². The maximum Gasteiger partial charge on any atom is 0.329 e. The van der Waals surface area contributed by atoms with Gasteiger partial charge < -0.3 is 15.0 Å². The van der Waals surface area contributed by atoms with E-state index in [-0.39, 0.29) is 11.3 Å². The molecule has 8 nitrogen and oxygen atoms in total. The highest BCUT2D eigenvalue weighted by Gasteiger charge is 2.28. The van der Waals surface area contributed by atoms with Crippen molar-refractivity contribution in [2.45, 2.75) is 31.2 Å². The average molecular weight is 496 g/mol. The highest BCUT2D eigenvalue weighted by atomic mass is 32.2. The van der Waals surface area contributed by atoms with Crippen LogP contribution in [-0.4, -0.2) is 40.6 Å². The number of methoxy groups -OCH3 is 1. The minimum atomic E-state index is -4.12. The third-order valence-electron chi connectivity index (χ3n) is 5.59. The smallest absolute Gasteiger partial charge is 0.329 e. The van der Waals surface area contributed by atoms with Gasteiger partial charge in [-0.3, -0.25) is 4.79 Å². The van der Waals surface area contributed by atoms with Gasteiger partial charge in [-0.1, -0.05) is 48.5 Å². The van der Waals surface area contributed by atoms with Gasteiger partial charge in [-0.25, -0.2) is 17.9 Å². The molecule has 184 valence electrons. The topological polar surface area (TPSA) is 105 Å². The highest BCUT2D eigenvalue weighted by Crippen LogP contribution is 2.25. The minimum Gasteiger partial charge on any atom is -0.497 e. The molecule has 2 N–H and O–H groups in total. The van der Waals surface area contributed by atoms with Gasteiger partial charge in [0.05, 0.1) is 12.0 Å². The molecular formula is C26H29N3O5S. The van der Waals surface area contributed by atoms with E-state index in [1.807, 2.05) is 42.0 Å². The zero-order chi connectivity index (χ0) is 25.6. The first-order valence-electron chi connectivity index (χ1n) is 11.0. The molecule has 0 bridgehead atoms. The standard InChI is InChI=1S/C26H29N3O5S/c1-18-10-8-9-13-24(18)35(32,33)28-26(31)27-22(17-20-11-6-5-7-12-20)25(30)29(3)23-15-14-21(34-4)16-19(23)2/h5-16,22H,17H2,1-4H3,(H2,27,28,31)/t22-/m0/s1. The summed E-state index contributed by atoms with van der Waals surface area (Å²) in [5.74, 6) is 0.261. The van der Waals surface area contributed by atoms with Crippen molar-refractivity contribution in [2.24, 2.45) is 0 Å². The summed E-state index contributed by atoms with van der Waals surface area (Å²) in [6.45, 7) is 3.49. The molecule has 0 unspecified atom stereocenters. The van der Waals surface area contributed by atoms with Crippen LogP contribution in [0.15, 0.2) is 77.7 Å². The number of sulfonamides is 1. The molecule has 0 aromatic heterocycles. The molecule has 0 aliphatic carbocycles. The third-order valence-corrected chi connectivity index (χ3v) is 7.08. The molecule has 0 spiro atoms. The predicted molar refractivity (Wildman–Crippen MR) is 135 cm³/mol. The molecule has 0 fully saturated rings. The molecule has 0 aliphatic rings. The Hall–Kier alpha value is -3.85. The molecule has 3 aromatic carbocycles. The van der Waals surface area contributed by atoms with Gasteiger partial charge in [0.1, 0.15) is 11.8 Å². The summed E-state index contributed by atoms with van der Waals surface area (Å²) >= 11 is 0. The van der Waals surface area contributed by atoms with Crippen LogP contribution < -0.4 is 19.7 Å². The van der Waals surface area contributed by atoms with Gasteiger partial charge in [-0.2, -0.15) is 0 Å². The number of carbonyl (C=O) groups excluding carboxylic acids is 2. The largest absolute Gasteiger partial charge is 0.497 e. The van der Waals surface area contributed by atoms with Crippen molar-refractivity contribution in [1.82, 2.24) is 10.0 Å². The molecule has 3 aromatic rings. The lowest BCUT2D eigenvalue weighted by Gasteiger charge is -2.26. The normalized spacial score (nSPS) is 11.9. The van der Waals surface area contributed by atoms with Crippen molar-refractivity contribution in [1.29, 1.82) is 0 Å². The SMILES string of the molecule is COc1ccc(N(C)C(=O)[C@H](Cc2ccccc2)NC(=O)NS(=O)(=O)c2ccccc2C)c(C)c1. The van der Waals surface area contributed by atoms with Crippen LogP contribution in [0, 0.1) is 13.8 Å². The number of carbonyl (C=O) groups is 2. The van der Waals surface area contributed by atoms with Gasteiger partial charge in [0.15, 0.2) is 0 Å². The van der Waals surface area contributed by atoms with Gasteiger partial charge in [0.2, 0.25) is 5.91 Å². The van der Waals surface area contributed by atoms with Crippen LogP contribution in [0.2, 0.25) is 0 Å². The van der Waals surface area contributed by atoms with Gasteiger partial charge in [-0.15, -0.1) is 0 Å². The molecule has 1 atom stereocenters. The maximum absolute atomic E-state index is 13.5. The molecule has 0 saturated heterocycles. The monoisotopic (exact) mass is 495 g/mol. The van der Waals surface area contributed by atoms with Gasteiger partial charge >= 0.3 is 6.03 Å². The Morgan fingerprint density at radius 1 is 0.943 bits per heavy atom. The average Bonchev–Trinajstić information content (AvgIpc) is 2.83. The second-order valence-corrected chi connectivity index (χ2v) is 9.79. The fourth-order valence-electron chi connectivity index (χ4n) is 3.76. The number of rotatable bonds is 8. The second kappa shape index (κ2) is 11.1. The van der Waals surface area contributed by atoms with Crippen LogP contribution in [0.5, 0.6) is 5.75 Å². The summed E-state index contributed by atoms with van der Waals surface area (Å²) in [7, 11) is -0.950. The third kappa shape index (κ3) is 6.39. The zero-order valence-corrected chi connectivity index (χ0v) is 20.9. The van der Waals surface area contributed by atoms with Crippen LogP contribution in [0.3, 0.4) is 0 Å². The number of benzene rings is 3. The van der Waals surface area contributed by atoms with E-state index in [9.17, 15) is 18.0 Å². The first kappa shape index (κ1) is 25.8. The molecule has 0 radical (unpaired) electrons. The Kier molecular flexibility index (Phi) is 8.14. The number of nitrogens with zero attached hydrogens (tertiary/aromatic N) is 1. The van der Waals surface area contributed by atoms with Crippen molar-refractivity contribution in [3.63, 3.8) is 0 Å². The van der Waals surface area contributed by atoms with E-state index in [1.165, 1.54) is 11.0 Å². The molecule has 35 heavy (non-hydrogen) atoms. The molecule has 0 aliphatic heterocycles.